The van der Waals surface area contributed by atoms with Crippen LogP contribution in [0.3, 0.4) is 0 Å². The van der Waals surface area contributed by atoms with Gasteiger partial charge in [0, 0.05) is 12.8 Å². The van der Waals surface area contributed by atoms with Crippen molar-refractivity contribution in [1.82, 2.24) is 0 Å². The number of unbranched alkanes of at least 4 members (excludes halogenated alkanes) is 38. The number of hydrogen-bond acceptors (Lipinski definition) is 7. The molecule has 0 aromatic carbocycles. The summed E-state index contributed by atoms with van der Waals surface area (Å²) in [7, 11) is 5.98. The van der Waals surface area contributed by atoms with E-state index >= 15 is 0 Å². The number of quaternary nitrogens is 1. The van der Waals surface area contributed by atoms with Gasteiger partial charge in [0.1, 0.15) is 13.2 Å². The quantitative estimate of drug-likeness (QED) is 0.0211. The molecule has 0 aliphatic carbocycles. The Morgan fingerprint density at radius 1 is 0.423 bits per heavy atom. The third-order valence-electron chi connectivity index (χ3n) is 13.7. The van der Waals surface area contributed by atoms with Crippen molar-refractivity contribution in [1.29, 1.82) is 0 Å². The summed E-state index contributed by atoms with van der Waals surface area (Å²) in [5, 5.41) is 9.71. The summed E-state index contributed by atoms with van der Waals surface area (Å²) < 4.78 is 22.9. The molecule has 0 saturated heterocycles. The zero-order valence-electron chi connectivity index (χ0n) is 47.7. The van der Waals surface area contributed by atoms with Crippen LogP contribution in [0.25, 0.3) is 0 Å². The highest BCUT2D eigenvalue weighted by Gasteiger charge is 2.25. The van der Waals surface area contributed by atoms with Crippen LogP contribution in [0.4, 0.5) is 0 Å². The van der Waals surface area contributed by atoms with E-state index in [1.165, 1.54) is 218 Å². The van der Waals surface area contributed by atoms with Gasteiger partial charge in [-0.05, 0) is 44.9 Å². The van der Waals surface area contributed by atoms with Crippen LogP contribution in [0.2, 0.25) is 0 Å². The van der Waals surface area contributed by atoms with Gasteiger partial charge in [-0.3, -0.25) is 9.59 Å². The largest absolute Gasteiger partial charge is 0.477 e. The number of carbonyl (C=O) groups excluding carboxylic acids is 2. The normalized spacial score (nSPS) is 12.9. The van der Waals surface area contributed by atoms with Gasteiger partial charge in [-0.2, -0.15) is 0 Å². The van der Waals surface area contributed by atoms with Crippen molar-refractivity contribution >= 4 is 17.9 Å². The highest BCUT2D eigenvalue weighted by Crippen LogP contribution is 2.18. The fraction of sp³-hybridized carbons (Fsp3) is 0.887. The molecule has 9 nitrogen and oxygen atoms in total. The predicted octanol–water partition coefficient (Wildman–Crippen LogP) is 17.9. The molecule has 0 amide bonds. The first-order valence-electron chi connectivity index (χ1n) is 30.5. The number of ether oxygens (including phenoxy) is 4. The molecular formula is C62H118NO8+. The molecule has 1 N–H and O–H groups in total. The average molecular weight is 1010 g/mol. The Hall–Kier alpha value is -2.23. The minimum Gasteiger partial charge on any atom is -0.477 e. The molecule has 0 aromatic heterocycles. The summed E-state index contributed by atoms with van der Waals surface area (Å²) in [6, 6.07) is 0. The van der Waals surface area contributed by atoms with Crippen molar-refractivity contribution in [3.8, 4) is 0 Å². The topological polar surface area (TPSA) is 108 Å². The Morgan fingerprint density at radius 2 is 0.761 bits per heavy atom. The van der Waals surface area contributed by atoms with Gasteiger partial charge in [-0.25, -0.2) is 4.79 Å². The average Bonchev–Trinajstić information content (AvgIpc) is 3.34. The second-order valence-electron chi connectivity index (χ2n) is 22.0. The van der Waals surface area contributed by atoms with E-state index in [9.17, 15) is 19.5 Å². The molecule has 0 aliphatic rings. The van der Waals surface area contributed by atoms with Crippen molar-refractivity contribution in [3.05, 3.63) is 24.3 Å². The molecule has 0 saturated carbocycles. The van der Waals surface area contributed by atoms with Crippen molar-refractivity contribution in [3.63, 3.8) is 0 Å². The van der Waals surface area contributed by atoms with Gasteiger partial charge in [0.05, 0.1) is 34.4 Å². The molecule has 0 spiro atoms. The number of nitrogens with zero attached hydrogens (tertiary/aromatic N) is 1. The van der Waals surface area contributed by atoms with E-state index in [2.05, 4.69) is 38.2 Å². The highest BCUT2D eigenvalue weighted by molar-refractivity contribution is 5.71. The van der Waals surface area contributed by atoms with E-state index in [1.807, 2.05) is 21.1 Å². The molecule has 0 aromatic rings. The molecule has 2 atom stereocenters. The lowest BCUT2D eigenvalue weighted by molar-refractivity contribution is -0.870. The van der Waals surface area contributed by atoms with E-state index in [4.69, 9.17) is 18.9 Å². The first kappa shape index (κ1) is 68.8. The van der Waals surface area contributed by atoms with Crippen LogP contribution < -0.4 is 0 Å². The van der Waals surface area contributed by atoms with E-state index < -0.39 is 24.3 Å². The first-order chi connectivity index (χ1) is 34.6. The Bertz CT molecular complexity index is 1210. The Kier molecular flexibility index (Phi) is 52.3. The van der Waals surface area contributed by atoms with Crippen molar-refractivity contribution in [2.75, 3.05) is 47.5 Å². The number of likely N-dealkylation sites (N-methyl/N-ethyl adjacent to an activating group) is 1. The first-order valence-corrected chi connectivity index (χ1v) is 30.5. The third kappa shape index (κ3) is 55.4. The summed E-state index contributed by atoms with van der Waals surface area (Å²) in [5.74, 6) is -1.99. The van der Waals surface area contributed by atoms with E-state index in [1.54, 1.807) is 0 Å². The summed E-state index contributed by atoms with van der Waals surface area (Å²) in [5.41, 5.74) is 0. The molecule has 0 heterocycles. The number of allylic oxidation sites excluding steroid dienone is 4. The molecule has 0 rings (SSSR count). The van der Waals surface area contributed by atoms with Gasteiger partial charge < -0.3 is 28.5 Å². The van der Waals surface area contributed by atoms with Crippen molar-refractivity contribution in [2.24, 2.45) is 0 Å². The van der Waals surface area contributed by atoms with Crippen molar-refractivity contribution in [2.45, 2.75) is 309 Å². The number of rotatable bonds is 57. The molecule has 0 fully saturated rings. The molecule has 418 valence electrons. The van der Waals surface area contributed by atoms with E-state index in [0.717, 1.165) is 51.4 Å². The molecule has 9 heteroatoms. The van der Waals surface area contributed by atoms with Gasteiger partial charge in [-0.15, -0.1) is 0 Å². The van der Waals surface area contributed by atoms with Crippen LogP contribution in [0.1, 0.15) is 296 Å². The van der Waals surface area contributed by atoms with Crippen LogP contribution in [0, 0.1) is 0 Å². The summed E-state index contributed by atoms with van der Waals surface area (Å²) in [6.45, 7) is 4.90. The number of carbonyl (C=O) groups is 3. The number of esters is 2. The van der Waals surface area contributed by atoms with Crippen LogP contribution in [-0.4, -0.2) is 87.4 Å². The standard InChI is InChI=1S/C62H117NO8/c1-6-8-10-12-14-16-18-20-22-24-26-27-28-29-30-31-32-33-35-36-38-40-42-44-46-48-50-52-59(64)69-56-58(57-70-62(61(66)67)68-55-54-63(3,4)5)71-60(65)53-51-49-47-45-43-41-39-37-34-25-23-21-19-17-15-13-11-9-7-2/h15,17,21,23,58,62H,6-14,16,18-20,22,24-57H2,1-5H3/p+1/b17-15-,23-21-. The van der Waals surface area contributed by atoms with Gasteiger partial charge in [-0.1, -0.05) is 263 Å². The number of carboxylic acid groups (broad SMARTS) is 1. The van der Waals surface area contributed by atoms with Crippen LogP contribution in [0.15, 0.2) is 24.3 Å². The maximum absolute atomic E-state index is 12.9. The maximum atomic E-state index is 12.9. The Labute approximate surface area is 439 Å². The number of carboxylic acids is 1. The lowest BCUT2D eigenvalue weighted by atomic mass is 10.0. The van der Waals surface area contributed by atoms with E-state index in [0.29, 0.717) is 17.4 Å². The second-order valence-corrected chi connectivity index (χ2v) is 22.0. The van der Waals surface area contributed by atoms with Gasteiger partial charge in [0.15, 0.2) is 6.10 Å². The molecular weight excluding hydrogens is 887 g/mol. The molecule has 71 heavy (non-hydrogen) atoms. The third-order valence-corrected chi connectivity index (χ3v) is 13.7. The van der Waals surface area contributed by atoms with Gasteiger partial charge >= 0.3 is 17.9 Å². The lowest BCUT2D eigenvalue weighted by Gasteiger charge is -2.25. The van der Waals surface area contributed by atoms with Crippen LogP contribution in [0.5, 0.6) is 0 Å². The van der Waals surface area contributed by atoms with Crippen LogP contribution in [-0.2, 0) is 33.3 Å². The molecule has 0 radical (unpaired) electrons. The lowest BCUT2D eigenvalue weighted by Crippen LogP contribution is -2.40. The number of aliphatic carboxylic acids is 1. The van der Waals surface area contributed by atoms with Gasteiger partial charge in [0.2, 0.25) is 0 Å². The Balaban J connectivity index is 4.14. The fourth-order valence-electron chi connectivity index (χ4n) is 8.99. The molecule has 0 bridgehead atoms. The van der Waals surface area contributed by atoms with Crippen molar-refractivity contribution < 1.29 is 42.9 Å². The summed E-state index contributed by atoms with van der Waals surface area (Å²) >= 11 is 0. The smallest absolute Gasteiger partial charge is 0.361 e. The minimum atomic E-state index is -1.51. The minimum absolute atomic E-state index is 0.178. The predicted molar refractivity (Wildman–Crippen MR) is 300 cm³/mol. The second kappa shape index (κ2) is 54.0. The summed E-state index contributed by atoms with van der Waals surface area (Å²) in [4.78, 5) is 37.4. The molecule has 2 unspecified atom stereocenters. The zero-order chi connectivity index (χ0) is 52.0. The monoisotopic (exact) mass is 1000 g/mol. The fourth-order valence-corrected chi connectivity index (χ4v) is 8.99. The van der Waals surface area contributed by atoms with Crippen LogP contribution >= 0.6 is 0 Å². The molecule has 0 aliphatic heterocycles. The highest BCUT2D eigenvalue weighted by atomic mass is 16.7. The Morgan fingerprint density at radius 3 is 1.14 bits per heavy atom. The number of hydrogen-bond donors (Lipinski definition) is 1. The maximum Gasteiger partial charge on any atom is 0.361 e. The summed E-state index contributed by atoms with van der Waals surface area (Å²) in [6.07, 6.45) is 61.2. The van der Waals surface area contributed by atoms with Gasteiger partial charge in [0.25, 0.3) is 6.29 Å². The van der Waals surface area contributed by atoms with E-state index in [-0.39, 0.29) is 32.2 Å². The zero-order valence-corrected chi connectivity index (χ0v) is 47.7. The SMILES string of the molecule is CCCCC/C=C\C/C=C\CCCCCCCCCCCC(=O)OC(COC(=O)CCCCCCCCCCCCCCCCCCCCCCCCCCCCC)COC(OCC[N+](C)(C)C)C(=O)O.